The molecule has 0 saturated carbocycles. The number of nitrogens with one attached hydrogen (secondary N) is 1. The first-order valence-electron chi connectivity index (χ1n) is 5.75. The van der Waals surface area contributed by atoms with E-state index in [0.29, 0.717) is 12.1 Å². The van der Waals surface area contributed by atoms with Crippen LogP contribution in [0.5, 0.6) is 0 Å². The van der Waals surface area contributed by atoms with Gasteiger partial charge in [-0.15, -0.1) is 0 Å². The fourth-order valence-electron chi connectivity index (χ4n) is 1.94. The van der Waals surface area contributed by atoms with Crippen LogP contribution in [-0.4, -0.2) is 0 Å². The first-order valence-corrected chi connectivity index (χ1v) is 5.75. The van der Waals surface area contributed by atoms with Crippen LogP contribution in [0.15, 0.2) is 48.5 Å². The van der Waals surface area contributed by atoms with E-state index in [0.717, 1.165) is 11.1 Å². The molecule has 2 rings (SSSR count). The Morgan fingerprint density at radius 1 is 1.06 bits per heavy atom. The monoisotopic (exact) mass is 245 g/mol. The highest BCUT2D eigenvalue weighted by molar-refractivity contribution is 5.48. The van der Waals surface area contributed by atoms with Crippen LogP contribution in [0.3, 0.4) is 0 Å². The first kappa shape index (κ1) is 12.5. The Hall–Kier alpha value is -1.91. The van der Waals surface area contributed by atoms with Crippen molar-refractivity contribution < 1.29 is 4.39 Å². The topological polar surface area (TPSA) is 64.1 Å². The molecule has 1 atom stereocenters. The second-order valence-corrected chi connectivity index (χ2v) is 4.18. The van der Waals surface area contributed by atoms with Gasteiger partial charge >= 0.3 is 0 Å². The maximum Gasteiger partial charge on any atom is 0.123 e. The second-order valence-electron chi connectivity index (χ2n) is 4.18. The molecule has 5 N–H and O–H groups in total. The smallest absolute Gasteiger partial charge is 0.123 e. The van der Waals surface area contributed by atoms with Crippen molar-refractivity contribution in [3.8, 4) is 0 Å². The van der Waals surface area contributed by atoms with Crippen molar-refractivity contribution in [1.29, 1.82) is 0 Å². The van der Waals surface area contributed by atoms with E-state index in [2.05, 4.69) is 5.43 Å². The molecule has 18 heavy (non-hydrogen) atoms. The Labute approximate surface area is 106 Å². The Morgan fingerprint density at radius 3 is 2.33 bits per heavy atom. The number of hydrazine groups is 1. The molecule has 0 aliphatic carbocycles. The fraction of sp³-hybridized carbons (Fsp3) is 0.143. The normalized spacial score (nSPS) is 12.3. The third-order valence-electron chi connectivity index (χ3n) is 2.93. The minimum Gasteiger partial charge on any atom is -0.398 e. The third kappa shape index (κ3) is 2.85. The van der Waals surface area contributed by atoms with E-state index in [9.17, 15) is 4.39 Å². The summed E-state index contributed by atoms with van der Waals surface area (Å²) in [6.07, 6.45) is 0.658. The average Bonchev–Trinajstić information content (AvgIpc) is 2.39. The van der Waals surface area contributed by atoms with Crippen LogP contribution in [0.1, 0.15) is 17.2 Å². The van der Waals surface area contributed by atoms with Gasteiger partial charge in [-0.1, -0.05) is 30.3 Å². The number of rotatable bonds is 4. The van der Waals surface area contributed by atoms with Gasteiger partial charge in [0.1, 0.15) is 5.82 Å². The molecule has 2 aromatic carbocycles. The van der Waals surface area contributed by atoms with Gasteiger partial charge in [-0.3, -0.25) is 11.3 Å². The lowest BCUT2D eigenvalue weighted by molar-refractivity contribution is 0.552. The Bertz CT molecular complexity index is 511. The molecule has 0 fully saturated rings. The molecule has 0 aliphatic rings. The number of halogens is 1. The number of nitrogen functional groups attached to an aromatic ring is 1. The van der Waals surface area contributed by atoms with E-state index >= 15 is 0 Å². The number of hydrogen-bond donors (Lipinski definition) is 3. The molecule has 2 aromatic rings. The number of para-hydroxylation sites is 1. The van der Waals surface area contributed by atoms with Gasteiger partial charge in [-0.2, -0.15) is 0 Å². The van der Waals surface area contributed by atoms with Crippen molar-refractivity contribution in [2.45, 2.75) is 12.5 Å². The quantitative estimate of drug-likeness (QED) is 0.439. The third-order valence-corrected chi connectivity index (χ3v) is 2.93. The van der Waals surface area contributed by atoms with Gasteiger partial charge < -0.3 is 5.73 Å². The van der Waals surface area contributed by atoms with Gasteiger partial charge in [0.2, 0.25) is 0 Å². The van der Waals surface area contributed by atoms with Crippen molar-refractivity contribution >= 4 is 5.69 Å². The van der Waals surface area contributed by atoms with Gasteiger partial charge in [-0.05, 0) is 35.7 Å². The lowest BCUT2D eigenvalue weighted by Crippen LogP contribution is -2.30. The molecule has 4 heteroatoms. The molecule has 0 bridgehead atoms. The number of nitrogens with two attached hydrogens (primary N) is 2. The predicted octanol–water partition coefficient (Wildman–Crippen LogP) is 2.15. The largest absolute Gasteiger partial charge is 0.398 e. The van der Waals surface area contributed by atoms with Crippen LogP contribution in [0.25, 0.3) is 0 Å². The highest BCUT2D eigenvalue weighted by Crippen LogP contribution is 2.23. The molecule has 0 aromatic heterocycles. The summed E-state index contributed by atoms with van der Waals surface area (Å²) >= 11 is 0. The molecule has 94 valence electrons. The molecule has 0 heterocycles. The summed E-state index contributed by atoms with van der Waals surface area (Å²) in [5.41, 5.74) is 11.3. The molecule has 0 spiro atoms. The minimum absolute atomic E-state index is 0.0864. The van der Waals surface area contributed by atoms with Crippen LogP contribution in [0.4, 0.5) is 10.1 Å². The van der Waals surface area contributed by atoms with E-state index in [1.165, 1.54) is 12.1 Å². The average molecular weight is 245 g/mol. The van der Waals surface area contributed by atoms with Gasteiger partial charge in [0, 0.05) is 5.69 Å². The van der Waals surface area contributed by atoms with Crippen molar-refractivity contribution in [1.82, 2.24) is 5.43 Å². The Morgan fingerprint density at radius 2 is 1.72 bits per heavy atom. The summed E-state index contributed by atoms with van der Waals surface area (Å²) in [7, 11) is 0. The Kier molecular flexibility index (Phi) is 3.92. The maximum atomic E-state index is 12.8. The van der Waals surface area contributed by atoms with E-state index in [1.54, 1.807) is 12.1 Å². The van der Waals surface area contributed by atoms with Gasteiger partial charge in [0.25, 0.3) is 0 Å². The molecule has 0 aliphatic heterocycles. The molecule has 0 radical (unpaired) electrons. The molecule has 3 nitrogen and oxygen atoms in total. The van der Waals surface area contributed by atoms with Crippen molar-refractivity contribution in [2.75, 3.05) is 5.73 Å². The number of hydrogen-bond acceptors (Lipinski definition) is 3. The lowest BCUT2D eigenvalue weighted by Gasteiger charge is -2.18. The summed E-state index contributed by atoms with van der Waals surface area (Å²) < 4.78 is 12.8. The fourth-order valence-corrected chi connectivity index (χ4v) is 1.94. The summed E-state index contributed by atoms with van der Waals surface area (Å²) in [6.45, 7) is 0. The predicted molar refractivity (Wildman–Crippen MR) is 71.0 cm³/mol. The molecule has 1 unspecified atom stereocenters. The van der Waals surface area contributed by atoms with Crippen molar-refractivity contribution in [3.63, 3.8) is 0 Å². The second kappa shape index (κ2) is 5.62. The van der Waals surface area contributed by atoms with Crippen molar-refractivity contribution in [3.05, 3.63) is 65.5 Å². The number of anilines is 1. The standard InChI is InChI=1S/C14H16FN3/c15-11-7-5-10(6-8-11)9-14(18-17)12-3-1-2-4-13(12)16/h1-8,14,18H,9,16-17H2. The van der Waals surface area contributed by atoms with Gasteiger partial charge in [-0.25, -0.2) is 4.39 Å². The molecule has 0 amide bonds. The van der Waals surface area contributed by atoms with Crippen LogP contribution in [0.2, 0.25) is 0 Å². The van der Waals surface area contributed by atoms with Crippen LogP contribution in [0, 0.1) is 5.82 Å². The SMILES string of the molecule is NNC(Cc1ccc(F)cc1)c1ccccc1N. The van der Waals surface area contributed by atoms with Crippen LogP contribution in [-0.2, 0) is 6.42 Å². The summed E-state index contributed by atoms with van der Waals surface area (Å²) in [5.74, 6) is 5.33. The zero-order chi connectivity index (χ0) is 13.0. The van der Waals surface area contributed by atoms with E-state index in [1.807, 2.05) is 24.3 Å². The molecule has 0 saturated heterocycles. The highest BCUT2D eigenvalue weighted by Gasteiger charge is 2.12. The summed E-state index contributed by atoms with van der Waals surface area (Å²) in [5, 5.41) is 0. The van der Waals surface area contributed by atoms with Crippen molar-refractivity contribution in [2.24, 2.45) is 5.84 Å². The molecular formula is C14H16FN3. The van der Waals surface area contributed by atoms with E-state index in [4.69, 9.17) is 11.6 Å². The van der Waals surface area contributed by atoms with Crippen LogP contribution >= 0.6 is 0 Å². The van der Waals surface area contributed by atoms with E-state index in [-0.39, 0.29) is 11.9 Å². The summed E-state index contributed by atoms with van der Waals surface area (Å²) in [6, 6.07) is 13.9. The zero-order valence-corrected chi connectivity index (χ0v) is 9.94. The highest BCUT2D eigenvalue weighted by atomic mass is 19.1. The zero-order valence-electron chi connectivity index (χ0n) is 9.94. The van der Waals surface area contributed by atoms with Gasteiger partial charge in [0.05, 0.1) is 6.04 Å². The van der Waals surface area contributed by atoms with Gasteiger partial charge in [0.15, 0.2) is 0 Å². The maximum absolute atomic E-state index is 12.8. The Balaban J connectivity index is 2.20. The first-order chi connectivity index (χ1) is 8.70. The number of benzene rings is 2. The van der Waals surface area contributed by atoms with E-state index < -0.39 is 0 Å². The molecular weight excluding hydrogens is 229 g/mol. The lowest BCUT2D eigenvalue weighted by atomic mass is 9.98. The summed E-state index contributed by atoms with van der Waals surface area (Å²) in [4.78, 5) is 0. The van der Waals surface area contributed by atoms with Crippen LogP contribution < -0.4 is 17.0 Å². The minimum atomic E-state index is -0.241.